The summed E-state index contributed by atoms with van der Waals surface area (Å²) < 4.78 is 0. The first-order valence-electron chi connectivity index (χ1n) is 4.19. The normalized spacial score (nSPS) is 45.9. The third-order valence-electron chi connectivity index (χ3n) is 3.08. The molecule has 2 atom stereocenters. The first kappa shape index (κ1) is 6.62. The number of nitrogens with one attached hydrogen (secondary N) is 1. The van der Waals surface area contributed by atoms with Crippen LogP contribution in [0.25, 0.3) is 0 Å². The molecule has 0 radical (unpaired) electrons. The molecule has 0 unspecified atom stereocenters. The molecule has 2 aliphatic rings. The molecule has 2 fully saturated rings. The van der Waals surface area contributed by atoms with Crippen LogP contribution in [0.4, 0.5) is 0 Å². The van der Waals surface area contributed by atoms with Gasteiger partial charge in [-0.1, -0.05) is 0 Å². The minimum absolute atomic E-state index is 0.404. The van der Waals surface area contributed by atoms with Crippen LogP contribution in [0.3, 0.4) is 0 Å². The molecule has 0 aromatic carbocycles. The highest BCUT2D eigenvalue weighted by Crippen LogP contribution is 2.55. The smallest absolute Gasteiger partial charge is 0.0465 e. The van der Waals surface area contributed by atoms with Crippen molar-refractivity contribution in [3.8, 4) is 0 Å². The van der Waals surface area contributed by atoms with Crippen LogP contribution in [-0.4, -0.2) is 24.8 Å². The van der Waals surface area contributed by atoms with Gasteiger partial charge in [0.1, 0.15) is 0 Å². The van der Waals surface area contributed by atoms with Crippen LogP contribution in [-0.2, 0) is 0 Å². The zero-order valence-corrected chi connectivity index (χ0v) is 6.27. The van der Waals surface area contributed by atoms with Crippen LogP contribution in [0.2, 0.25) is 0 Å². The highest BCUT2D eigenvalue weighted by molar-refractivity contribution is 5.04. The standard InChI is InChI=1S/C8H15NO/c10-5-7-4-8(7)2-1-3-9-6-8/h7,9-10H,1-6H2/t7-,8+/m1/s1. The Morgan fingerprint density at radius 3 is 3.00 bits per heavy atom. The van der Waals surface area contributed by atoms with Gasteiger partial charge >= 0.3 is 0 Å². The van der Waals surface area contributed by atoms with Gasteiger partial charge in [0.15, 0.2) is 0 Å². The number of aliphatic hydroxyl groups is 1. The predicted molar refractivity (Wildman–Crippen MR) is 39.7 cm³/mol. The van der Waals surface area contributed by atoms with Crippen molar-refractivity contribution in [2.45, 2.75) is 19.3 Å². The first-order valence-corrected chi connectivity index (χ1v) is 4.19. The fourth-order valence-corrected chi connectivity index (χ4v) is 2.20. The molecule has 1 heterocycles. The van der Waals surface area contributed by atoms with Gasteiger partial charge in [0.2, 0.25) is 0 Å². The van der Waals surface area contributed by atoms with E-state index in [1.54, 1.807) is 0 Å². The van der Waals surface area contributed by atoms with Crippen LogP contribution in [0.1, 0.15) is 19.3 Å². The molecular weight excluding hydrogens is 126 g/mol. The van der Waals surface area contributed by atoms with Gasteiger partial charge in [0.05, 0.1) is 0 Å². The second kappa shape index (κ2) is 2.21. The van der Waals surface area contributed by atoms with Crippen molar-refractivity contribution in [3.05, 3.63) is 0 Å². The van der Waals surface area contributed by atoms with Crippen LogP contribution < -0.4 is 5.32 Å². The van der Waals surface area contributed by atoms with Gasteiger partial charge in [-0.05, 0) is 37.1 Å². The monoisotopic (exact) mass is 141 g/mol. The van der Waals surface area contributed by atoms with E-state index < -0.39 is 0 Å². The summed E-state index contributed by atoms with van der Waals surface area (Å²) in [6, 6.07) is 0. The maximum Gasteiger partial charge on any atom is 0.0465 e. The van der Waals surface area contributed by atoms with E-state index in [0.717, 1.165) is 6.54 Å². The molecule has 1 aliphatic heterocycles. The molecule has 0 bridgehead atoms. The highest BCUT2D eigenvalue weighted by atomic mass is 16.3. The molecule has 1 aliphatic carbocycles. The zero-order chi connectivity index (χ0) is 7.03. The van der Waals surface area contributed by atoms with E-state index in [1.807, 2.05) is 0 Å². The van der Waals surface area contributed by atoms with Gasteiger partial charge in [-0.15, -0.1) is 0 Å². The van der Waals surface area contributed by atoms with E-state index >= 15 is 0 Å². The van der Waals surface area contributed by atoms with Gasteiger partial charge < -0.3 is 10.4 Å². The second-order valence-corrected chi connectivity index (χ2v) is 3.73. The molecule has 1 saturated heterocycles. The summed E-state index contributed by atoms with van der Waals surface area (Å²) in [6.45, 7) is 2.74. The van der Waals surface area contributed by atoms with Crippen molar-refractivity contribution in [2.75, 3.05) is 19.7 Å². The summed E-state index contributed by atoms with van der Waals surface area (Å²) >= 11 is 0. The minimum atomic E-state index is 0.404. The van der Waals surface area contributed by atoms with Crippen LogP contribution in [0.5, 0.6) is 0 Å². The van der Waals surface area contributed by atoms with Gasteiger partial charge in [0, 0.05) is 13.2 Å². The lowest BCUT2D eigenvalue weighted by Crippen LogP contribution is -2.32. The zero-order valence-electron chi connectivity index (χ0n) is 6.27. The quantitative estimate of drug-likeness (QED) is 0.553. The molecule has 1 spiro atoms. The molecule has 2 heteroatoms. The minimum Gasteiger partial charge on any atom is -0.396 e. The number of hydrogen-bond acceptors (Lipinski definition) is 2. The molecule has 2 rings (SSSR count). The topological polar surface area (TPSA) is 32.3 Å². The van der Waals surface area contributed by atoms with Crippen LogP contribution in [0.15, 0.2) is 0 Å². The number of hydrogen-bond donors (Lipinski definition) is 2. The van der Waals surface area contributed by atoms with E-state index in [4.69, 9.17) is 5.11 Å². The molecule has 0 amide bonds. The van der Waals surface area contributed by atoms with Crippen molar-refractivity contribution < 1.29 is 5.11 Å². The van der Waals surface area contributed by atoms with Crippen molar-refractivity contribution >= 4 is 0 Å². The molecule has 10 heavy (non-hydrogen) atoms. The third kappa shape index (κ3) is 0.867. The number of aliphatic hydroxyl groups excluding tert-OH is 1. The lowest BCUT2D eigenvalue weighted by Gasteiger charge is -2.23. The van der Waals surface area contributed by atoms with Crippen LogP contribution >= 0.6 is 0 Å². The second-order valence-electron chi connectivity index (χ2n) is 3.73. The Morgan fingerprint density at radius 2 is 2.50 bits per heavy atom. The third-order valence-corrected chi connectivity index (χ3v) is 3.08. The number of piperidine rings is 1. The summed E-state index contributed by atoms with van der Waals surface area (Å²) in [5.74, 6) is 0.625. The Kier molecular flexibility index (Phi) is 1.46. The lowest BCUT2D eigenvalue weighted by atomic mass is 9.94. The van der Waals surface area contributed by atoms with Crippen molar-refractivity contribution in [2.24, 2.45) is 11.3 Å². The maximum atomic E-state index is 8.90. The van der Waals surface area contributed by atoms with Crippen molar-refractivity contribution in [1.82, 2.24) is 5.32 Å². The molecular formula is C8H15NO. The summed E-state index contributed by atoms with van der Waals surface area (Å²) in [4.78, 5) is 0. The lowest BCUT2D eigenvalue weighted by molar-refractivity contribution is 0.229. The van der Waals surface area contributed by atoms with Crippen LogP contribution in [0, 0.1) is 11.3 Å². The van der Waals surface area contributed by atoms with E-state index in [9.17, 15) is 0 Å². The molecule has 0 aromatic rings. The molecule has 0 aromatic heterocycles. The Hall–Kier alpha value is -0.0800. The predicted octanol–water partition coefficient (Wildman–Crippen LogP) is 0.368. The van der Waals surface area contributed by atoms with Crippen molar-refractivity contribution in [3.63, 3.8) is 0 Å². The molecule has 58 valence electrons. The fraction of sp³-hybridized carbons (Fsp3) is 1.00. The van der Waals surface area contributed by atoms with E-state index in [0.29, 0.717) is 17.9 Å². The molecule has 2 N–H and O–H groups in total. The molecule has 2 nitrogen and oxygen atoms in total. The Labute approximate surface area is 61.6 Å². The van der Waals surface area contributed by atoms with E-state index in [2.05, 4.69) is 5.32 Å². The fourth-order valence-electron chi connectivity index (χ4n) is 2.20. The average molecular weight is 141 g/mol. The largest absolute Gasteiger partial charge is 0.396 e. The van der Waals surface area contributed by atoms with Gasteiger partial charge in [0.25, 0.3) is 0 Å². The maximum absolute atomic E-state index is 8.90. The van der Waals surface area contributed by atoms with Gasteiger partial charge in [-0.3, -0.25) is 0 Å². The number of rotatable bonds is 1. The summed E-state index contributed by atoms with van der Waals surface area (Å²) in [5, 5.41) is 12.3. The van der Waals surface area contributed by atoms with Gasteiger partial charge in [-0.2, -0.15) is 0 Å². The summed E-state index contributed by atoms with van der Waals surface area (Å²) in [7, 11) is 0. The summed E-state index contributed by atoms with van der Waals surface area (Å²) in [6.07, 6.45) is 3.90. The first-order chi connectivity index (χ1) is 4.87. The summed E-state index contributed by atoms with van der Waals surface area (Å²) in [5.41, 5.74) is 0.535. The Balaban J connectivity index is 1.92. The average Bonchev–Trinajstić information content (AvgIpc) is 2.65. The SMILES string of the molecule is OC[C@H]1C[C@]12CCCNC2. The van der Waals surface area contributed by atoms with E-state index in [1.165, 1.54) is 25.8 Å². The van der Waals surface area contributed by atoms with Crippen molar-refractivity contribution in [1.29, 1.82) is 0 Å². The molecule has 1 saturated carbocycles. The van der Waals surface area contributed by atoms with Gasteiger partial charge in [-0.25, -0.2) is 0 Å². The Bertz CT molecular complexity index is 129. The van der Waals surface area contributed by atoms with E-state index in [-0.39, 0.29) is 0 Å². The Morgan fingerprint density at radius 1 is 1.60 bits per heavy atom. The highest BCUT2D eigenvalue weighted by Gasteiger charge is 2.53.